The minimum absolute atomic E-state index is 0.0445. The van der Waals surface area contributed by atoms with Crippen LogP contribution in [0.25, 0.3) is 0 Å². The number of alkyl halides is 3. The van der Waals surface area contributed by atoms with Gasteiger partial charge in [-0.25, -0.2) is 12.8 Å². The molecule has 0 amide bonds. The third-order valence-electron chi connectivity index (χ3n) is 4.08. The Bertz CT molecular complexity index is 1050. The first-order valence-electron chi connectivity index (χ1n) is 8.00. The highest BCUT2D eigenvalue weighted by atomic mass is 35.5. The lowest BCUT2D eigenvalue weighted by Gasteiger charge is -2.16. The average molecular weight is 452 g/mol. The predicted molar refractivity (Wildman–Crippen MR) is 97.5 cm³/mol. The average Bonchev–Trinajstić information content (AvgIpc) is 2.63. The highest BCUT2D eigenvalue weighted by Gasteiger charge is 2.37. The Kier molecular flexibility index (Phi) is 6.69. The molecule has 29 heavy (non-hydrogen) atoms. The molecule has 0 saturated carbocycles. The van der Waals surface area contributed by atoms with Crippen molar-refractivity contribution >= 4 is 33.1 Å². The minimum atomic E-state index is -4.91. The molecule has 1 atom stereocenters. The van der Waals surface area contributed by atoms with Crippen LogP contribution >= 0.6 is 11.6 Å². The molecule has 0 aliphatic carbocycles. The van der Waals surface area contributed by atoms with Crippen LogP contribution in [0.2, 0.25) is 5.02 Å². The van der Waals surface area contributed by atoms with Gasteiger partial charge >= 0.3 is 12.1 Å². The summed E-state index contributed by atoms with van der Waals surface area (Å²) >= 11 is 5.61. The van der Waals surface area contributed by atoms with Crippen molar-refractivity contribution in [1.82, 2.24) is 0 Å². The van der Waals surface area contributed by atoms with E-state index in [1.54, 1.807) is 0 Å². The van der Waals surface area contributed by atoms with Crippen LogP contribution in [0.3, 0.4) is 0 Å². The second-order valence-electron chi connectivity index (χ2n) is 6.03. The van der Waals surface area contributed by atoms with E-state index in [4.69, 9.17) is 17.0 Å². The fourth-order valence-electron chi connectivity index (χ4n) is 2.61. The van der Waals surface area contributed by atoms with E-state index in [0.29, 0.717) is 6.07 Å². The van der Waals surface area contributed by atoms with Gasteiger partial charge in [0, 0.05) is 0 Å². The lowest BCUT2D eigenvalue weighted by atomic mass is 9.94. The molecule has 5 nitrogen and oxygen atoms in total. The number of aliphatic carboxylic acids is 1. The van der Waals surface area contributed by atoms with Crippen LogP contribution in [0.5, 0.6) is 0 Å². The molecule has 0 aliphatic rings. The zero-order chi connectivity index (χ0) is 22.0. The van der Waals surface area contributed by atoms with E-state index in [2.05, 4.69) is 0 Å². The maximum Gasteiger partial charge on any atom is 0.417 e. The van der Waals surface area contributed by atoms with Crippen LogP contribution in [0.15, 0.2) is 47.4 Å². The summed E-state index contributed by atoms with van der Waals surface area (Å²) in [5, 5.41) is 17.0. The molecular formula is C18H14ClF4NO4S. The molecule has 2 aromatic carbocycles. The number of carbonyl (C=O) groups is 1. The van der Waals surface area contributed by atoms with Gasteiger partial charge in [-0.1, -0.05) is 29.8 Å². The van der Waals surface area contributed by atoms with Gasteiger partial charge in [-0.05, 0) is 36.2 Å². The van der Waals surface area contributed by atoms with Gasteiger partial charge in [0.05, 0.1) is 32.9 Å². The first kappa shape index (κ1) is 22.8. The first-order valence-corrected chi connectivity index (χ1v) is 10.0. The van der Waals surface area contributed by atoms with Gasteiger partial charge in [0.2, 0.25) is 0 Å². The highest BCUT2D eigenvalue weighted by Crippen LogP contribution is 2.34. The number of benzene rings is 2. The van der Waals surface area contributed by atoms with Crippen LogP contribution < -0.4 is 0 Å². The molecule has 1 unspecified atom stereocenters. The number of hydrogen-bond acceptors (Lipinski definition) is 4. The maximum absolute atomic E-state index is 13.3. The van der Waals surface area contributed by atoms with Crippen LogP contribution in [0, 0.1) is 17.1 Å². The molecule has 0 aliphatic heterocycles. The van der Waals surface area contributed by atoms with E-state index in [0.717, 1.165) is 36.4 Å². The van der Waals surface area contributed by atoms with E-state index >= 15 is 0 Å². The van der Waals surface area contributed by atoms with Crippen LogP contribution in [0.4, 0.5) is 17.6 Å². The van der Waals surface area contributed by atoms with E-state index in [1.807, 2.05) is 0 Å². The zero-order valence-corrected chi connectivity index (χ0v) is 16.1. The van der Waals surface area contributed by atoms with Gasteiger partial charge in [-0.15, -0.1) is 0 Å². The molecular weight excluding hydrogens is 438 g/mol. The van der Waals surface area contributed by atoms with Crippen molar-refractivity contribution in [3.05, 3.63) is 64.4 Å². The van der Waals surface area contributed by atoms with Gasteiger partial charge in [-0.2, -0.15) is 13.2 Å². The smallest absolute Gasteiger partial charge is 0.417 e. The van der Waals surface area contributed by atoms with Crippen LogP contribution in [-0.2, 0) is 20.8 Å². The maximum atomic E-state index is 13.3. The number of nitrogens with one attached hydrogen (secondary N) is 1. The third kappa shape index (κ3) is 5.33. The molecule has 156 valence electrons. The predicted octanol–water partition coefficient (Wildman–Crippen LogP) is 4.43. The number of rotatable bonds is 7. The quantitative estimate of drug-likeness (QED) is 0.481. The van der Waals surface area contributed by atoms with Crippen molar-refractivity contribution in [2.24, 2.45) is 5.92 Å². The molecule has 0 spiro atoms. The van der Waals surface area contributed by atoms with Crippen LogP contribution in [0.1, 0.15) is 17.5 Å². The Morgan fingerprint density at radius 1 is 1.17 bits per heavy atom. The van der Waals surface area contributed by atoms with Gasteiger partial charge in [0.25, 0.3) is 0 Å². The molecule has 2 aromatic rings. The van der Waals surface area contributed by atoms with Crippen molar-refractivity contribution in [2.45, 2.75) is 17.5 Å². The van der Waals surface area contributed by atoms with Gasteiger partial charge < -0.3 is 10.5 Å². The molecule has 0 aromatic heterocycles. The molecule has 0 heterocycles. The zero-order valence-electron chi connectivity index (χ0n) is 14.5. The summed E-state index contributed by atoms with van der Waals surface area (Å²) in [6.07, 6.45) is -5.56. The number of carboxylic acid groups (broad SMARTS) is 1. The number of carboxylic acids is 1. The molecule has 0 saturated heterocycles. The highest BCUT2D eigenvalue weighted by molar-refractivity contribution is 7.91. The normalized spacial score (nSPS) is 13.1. The Balaban J connectivity index is 2.30. The third-order valence-corrected chi connectivity index (χ3v) is 6.17. The van der Waals surface area contributed by atoms with Crippen molar-refractivity contribution in [1.29, 1.82) is 5.41 Å². The van der Waals surface area contributed by atoms with Gasteiger partial charge in [0.15, 0.2) is 9.84 Å². The summed E-state index contributed by atoms with van der Waals surface area (Å²) in [5.41, 5.74) is -1.94. The van der Waals surface area contributed by atoms with Crippen molar-refractivity contribution in [3.63, 3.8) is 0 Å². The van der Waals surface area contributed by atoms with Crippen molar-refractivity contribution < 1.29 is 35.9 Å². The standard InChI is InChI=1S/C18H14ClF4NO4S/c19-13-9-10(5-6-14(13)20)16(24)11(17(25)26)7-8-29(27,28)15-4-2-1-3-12(15)18(21,22)23/h1-6,9,11,24H,7-8H2,(H,25,26). The largest absolute Gasteiger partial charge is 0.481 e. The topological polar surface area (TPSA) is 95.3 Å². The minimum Gasteiger partial charge on any atom is -0.481 e. The number of sulfone groups is 1. The monoisotopic (exact) mass is 451 g/mol. The van der Waals surface area contributed by atoms with E-state index in [9.17, 15) is 35.9 Å². The lowest BCUT2D eigenvalue weighted by Crippen LogP contribution is -2.27. The Morgan fingerprint density at radius 2 is 1.79 bits per heavy atom. The lowest BCUT2D eigenvalue weighted by molar-refractivity contribution is -0.140. The van der Waals surface area contributed by atoms with Gasteiger partial charge in [0.1, 0.15) is 5.82 Å². The molecule has 11 heteroatoms. The summed E-state index contributed by atoms with van der Waals surface area (Å²) in [7, 11) is -4.50. The summed E-state index contributed by atoms with van der Waals surface area (Å²) in [5.74, 6) is -4.92. The second kappa shape index (κ2) is 8.50. The summed E-state index contributed by atoms with van der Waals surface area (Å²) in [4.78, 5) is 10.6. The van der Waals surface area contributed by atoms with E-state index in [1.165, 1.54) is 0 Å². The Labute approximate surface area is 168 Å². The molecule has 2 N–H and O–H groups in total. The summed E-state index contributed by atoms with van der Waals surface area (Å²) in [6, 6.07) is 6.61. The summed E-state index contributed by atoms with van der Waals surface area (Å²) < 4.78 is 77.4. The second-order valence-corrected chi connectivity index (χ2v) is 8.52. The fraction of sp³-hybridized carbons (Fsp3) is 0.222. The van der Waals surface area contributed by atoms with Crippen molar-refractivity contribution in [2.75, 3.05) is 5.75 Å². The Hall–Kier alpha value is -2.46. The molecule has 2 rings (SSSR count). The summed E-state index contributed by atoms with van der Waals surface area (Å²) in [6.45, 7) is 0. The van der Waals surface area contributed by atoms with Crippen molar-refractivity contribution in [3.8, 4) is 0 Å². The molecule has 0 fully saturated rings. The van der Waals surface area contributed by atoms with Crippen LogP contribution in [-0.4, -0.2) is 31.0 Å². The van der Waals surface area contributed by atoms with Gasteiger partial charge in [-0.3, -0.25) is 4.79 Å². The Morgan fingerprint density at radius 3 is 2.34 bits per heavy atom. The fourth-order valence-corrected chi connectivity index (χ4v) is 4.36. The molecule has 0 radical (unpaired) electrons. The SMILES string of the molecule is N=C(c1ccc(F)c(Cl)c1)C(CCS(=O)(=O)c1ccccc1C(F)(F)F)C(=O)O. The van der Waals surface area contributed by atoms with E-state index in [-0.39, 0.29) is 10.6 Å². The molecule has 0 bridgehead atoms. The number of hydrogen-bond donors (Lipinski definition) is 2. The first-order chi connectivity index (χ1) is 13.3. The number of halogens is 5. The van der Waals surface area contributed by atoms with E-state index < -0.39 is 62.1 Å².